The maximum Gasteiger partial charge on any atom is 0.287 e. The molecule has 0 unspecified atom stereocenters. The summed E-state index contributed by atoms with van der Waals surface area (Å²) in [6.45, 7) is 3.48. The quantitative estimate of drug-likeness (QED) is 0.283. The molecule has 2 aromatic heterocycles. The zero-order valence-electron chi connectivity index (χ0n) is 16.0. The molecule has 4 N–H and O–H groups in total. The van der Waals surface area contributed by atoms with E-state index >= 15 is 0 Å². The Kier molecular flexibility index (Phi) is 4.96. The van der Waals surface area contributed by atoms with Gasteiger partial charge in [0.15, 0.2) is 6.61 Å². The van der Waals surface area contributed by atoms with Crippen molar-refractivity contribution in [1.29, 1.82) is 0 Å². The first-order valence-corrected chi connectivity index (χ1v) is 9.75. The van der Waals surface area contributed by atoms with Crippen molar-refractivity contribution in [2.75, 3.05) is 11.9 Å². The molecule has 30 heavy (non-hydrogen) atoms. The molecule has 0 fully saturated rings. The minimum Gasteiger partial charge on any atom is -0.482 e. The molecular weight excluding hydrogens is 410 g/mol. The summed E-state index contributed by atoms with van der Waals surface area (Å²) >= 11 is 1.18. The second kappa shape index (κ2) is 7.59. The van der Waals surface area contributed by atoms with Crippen LogP contribution in [0.3, 0.4) is 0 Å². The lowest BCUT2D eigenvalue weighted by atomic mass is 10.1. The summed E-state index contributed by atoms with van der Waals surface area (Å²) < 4.78 is 5.30. The summed E-state index contributed by atoms with van der Waals surface area (Å²) in [4.78, 5) is 44.2. The van der Waals surface area contributed by atoms with E-state index in [-0.39, 0.29) is 24.9 Å². The van der Waals surface area contributed by atoms with Gasteiger partial charge in [-0.15, -0.1) is 11.3 Å². The third-order valence-electron chi connectivity index (χ3n) is 4.62. The summed E-state index contributed by atoms with van der Waals surface area (Å²) in [5, 5.41) is 17.9. The number of rotatable bonds is 4. The number of nitrogens with one attached hydrogen (secondary N) is 3. The number of ether oxygens (including phenoxy) is 1. The van der Waals surface area contributed by atoms with E-state index in [1.165, 1.54) is 11.3 Å². The van der Waals surface area contributed by atoms with Gasteiger partial charge in [-0.3, -0.25) is 14.4 Å². The van der Waals surface area contributed by atoms with Crippen molar-refractivity contribution in [3.05, 3.63) is 50.4 Å². The number of fused-ring (bicyclic) bond motifs is 2. The van der Waals surface area contributed by atoms with Crippen molar-refractivity contribution in [3.8, 4) is 5.75 Å². The van der Waals surface area contributed by atoms with Gasteiger partial charge in [0.1, 0.15) is 10.6 Å². The van der Waals surface area contributed by atoms with Crippen LogP contribution in [0.1, 0.15) is 33.5 Å². The Hall–Kier alpha value is -3.73. The van der Waals surface area contributed by atoms with Gasteiger partial charge >= 0.3 is 0 Å². The monoisotopic (exact) mass is 427 g/mol. The van der Waals surface area contributed by atoms with Gasteiger partial charge in [0.05, 0.1) is 21.7 Å². The lowest BCUT2D eigenvalue weighted by Gasteiger charge is -2.18. The molecule has 11 heteroatoms. The number of anilines is 1. The van der Waals surface area contributed by atoms with Gasteiger partial charge in [-0.25, -0.2) is 4.98 Å². The van der Waals surface area contributed by atoms with E-state index in [1.807, 2.05) is 0 Å². The lowest BCUT2D eigenvalue weighted by molar-refractivity contribution is -0.118. The molecule has 3 heterocycles. The van der Waals surface area contributed by atoms with Crippen LogP contribution in [-0.2, 0) is 11.3 Å². The number of hydrogen-bond donors (Lipinski definition) is 4. The van der Waals surface area contributed by atoms with E-state index < -0.39 is 11.5 Å². The highest BCUT2D eigenvalue weighted by Gasteiger charge is 2.19. The van der Waals surface area contributed by atoms with E-state index in [4.69, 9.17) is 9.94 Å². The summed E-state index contributed by atoms with van der Waals surface area (Å²) in [5.41, 5.74) is 1.84. The number of benzene rings is 1. The zero-order chi connectivity index (χ0) is 21.4. The Bertz CT molecular complexity index is 1280. The zero-order valence-corrected chi connectivity index (χ0v) is 16.8. The van der Waals surface area contributed by atoms with Crippen molar-refractivity contribution in [2.24, 2.45) is 5.16 Å². The van der Waals surface area contributed by atoms with Crippen LogP contribution in [0, 0.1) is 6.92 Å². The second-order valence-corrected chi connectivity index (χ2v) is 7.69. The van der Waals surface area contributed by atoms with Gasteiger partial charge in [-0.05, 0) is 37.1 Å². The SMILES string of the molecule is C/C(=N\O)c1sc2nc(C(=O)NCc3ccc4c(c3)NC(=O)CO4)[nH]c(=O)c2c1C. The number of oxime groups is 1. The summed E-state index contributed by atoms with van der Waals surface area (Å²) in [5.74, 6) is -0.349. The number of carbonyl (C=O) groups is 2. The summed E-state index contributed by atoms with van der Waals surface area (Å²) in [6.07, 6.45) is 0. The molecule has 0 saturated heterocycles. The number of thiophene rings is 1. The fourth-order valence-corrected chi connectivity index (χ4v) is 4.27. The first-order chi connectivity index (χ1) is 14.4. The molecule has 1 aliphatic rings. The van der Waals surface area contributed by atoms with Gasteiger partial charge < -0.3 is 25.6 Å². The van der Waals surface area contributed by atoms with Crippen molar-refractivity contribution in [1.82, 2.24) is 15.3 Å². The van der Waals surface area contributed by atoms with E-state index in [0.717, 1.165) is 5.56 Å². The third kappa shape index (κ3) is 3.50. The standard InChI is InChI=1S/C19H17N5O5S/c1-8-14-17(26)22-16(23-19(14)30-15(8)9(2)24-28)18(27)20-6-10-3-4-12-11(5-10)21-13(25)7-29-12/h3-5,28H,6-7H2,1-2H3,(H,20,27)(H,21,25)(H,22,23,26)/b24-9+. The fourth-order valence-electron chi connectivity index (χ4n) is 3.15. The lowest BCUT2D eigenvalue weighted by Crippen LogP contribution is -2.28. The molecule has 0 radical (unpaired) electrons. The van der Waals surface area contributed by atoms with Gasteiger partial charge in [0, 0.05) is 6.54 Å². The Labute approximate surface area is 173 Å². The molecular formula is C19H17N5O5S. The van der Waals surface area contributed by atoms with Crippen LogP contribution in [0.25, 0.3) is 10.2 Å². The highest BCUT2D eigenvalue weighted by Crippen LogP contribution is 2.29. The molecule has 154 valence electrons. The highest BCUT2D eigenvalue weighted by atomic mass is 32.1. The molecule has 4 rings (SSSR count). The number of nitrogens with zero attached hydrogens (tertiary/aromatic N) is 2. The number of aromatic amines is 1. The molecule has 0 spiro atoms. The van der Waals surface area contributed by atoms with Crippen molar-refractivity contribution < 1.29 is 19.5 Å². The highest BCUT2D eigenvalue weighted by molar-refractivity contribution is 7.20. The first kappa shape index (κ1) is 19.6. The van der Waals surface area contributed by atoms with E-state index in [1.54, 1.807) is 32.0 Å². The minimum absolute atomic E-state index is 0.0296. The summed E-state index contributed by atoms with van der Waals surface area (Å²) in [6, 6.07) is 5.18. The predicted molar refractivity (Wildman–Crippen MR) is 111 cm³/mol. The summed E-state index contributed by atoms with van der Waals surface area (Å²) in [7, 11) is 0. The van der Waals surface area contributed by atoms with Gasteiger partial charge in [-0.1, -0.05) is 11.2 Å². The van der Waals surface area contributed by atoms with Gasteiger partial charge in [0.25, 0.3) is 17.4 Å². The van der Waals surface area contributed by atoms with Crippen LogP contribution in [0.4, 0.5) is 5.69 Å². The van der Waals surface area contributed by atoms with Crippen LogP contribution in [0.15, 0.2) is 28.1 Å². The molecule has 10 nitrogen and oxygen atoms in total. The van der Waals surface area contributed by atoms with Crippen LogP contribution < -0.4 is 20.9 Å². The molecule has 2 amide bonds. The van der Waals surface area contributed by atoms with Crippen molar-refractivity contribution in [3.63, 3.8) is 0 Å². The predicted octanol–water partition coefficient (Wildman–Crippen LogP) is 1.75. The maximum absolute atomic E-state index is 12.5. The number of H-pyrrole nitrogens is 1. The number of carbonyl (C=O) groups excluding carboxylic acids is 2. The van der Waals surface area contributed by atoms with Crippen LogP contribution in [0.2, 0.25) is 0 Å². The van der Waals surface area contributed by atoms with E-state index in [9.17, 15) is 14.4 Å². The minimum atomic E-state index is -0.549. The average Bonchev–Trinajstić information content (AvgIpc) is 3.07. The Balaban J connectivity index is 1.56. The molecule has 0 saturated carbocycles. The average molecular weight is 427 g/mol. The Morgan fingerprint density at radius 2 is 2.20 bits per heavy atom. The smallest absolute Gasteiger partial charge is 0.287 e. The number of aromatic nitrogens is 2. The van der Waals surface area contributed by atoms with Crippen LogP contribution >= 0.6 is 11.3 Å². The van der Waals surface area contributed by atoms with Crippen LogP contribution in [-0.4, -0.2) is 39.3 Å². The van der Waals surface area contributed by atoms with E-state index in [2.05, 4.69) is 25.8 Å². The molecule has 0 aliphatic carbocycles. The maximum atomic E-state index is 12.5. The van der Waals surface area contributed by atoms with E-state index in [0.29, 0.717) is 37.8 Å². The molecule has 3 aromatic rings. The molecule has 1 aromatic carbocycles. The fraction of sp³-hybridized carbons (Fsp3) is 0.211. The molecule has 0 bridgehead atoms. The first-order valence-electron chi connectivity index (χ1n) is 8.93. The molecule has 0 atom stereocenters. The van der Waals surface area contributed by atoms with Crippen molar-refractivity contribution >= 4 is 44.8 Å². The van der Waals surface area contributed by atoms with Gasteiger partial charge in [-0.2, -0.15) is 0 Å². The van der Waals surface area contributed by atoms with Gasteiger partial charge in [0.2, 0.25) is 5.82 Å². The Morgan fingerprint density at radius 3 is 2.97 bits per heavy atom. The molecule has 1 aliphatic heterocycles. The van der Waals surface area contributed by atoms with Crippen LogP contribution in [0.5, 0.6) is 5.75 Å². The number of hydrogen-bond acceptors (Lipinski definition) is 8. The Morgan fingerprint density at radius 1 is 1.40 bits per heavy atom. The normalized spacial score (nSPS) is 13.5. The third-order valence-corrected chi connectivity index (χ3v) is 5.92. The number of aryl methyl sites for hydroxylation is 1. The number of amides is 2. The topological polar surface area (TPSA) is 146 Å². The second-order valence-electron chi connectivity index (χ2n) is 6.69. The largest absolute Gasteiger partial charge is 0.482 e. The van der Waals surface area contributed by atoms with Crippen molar-refractivity contribution in [2.45, 2.75) is 20.4 Å².